The van der Waals surface area contributed by atoms with E-state index in [0.717, 1.165) is 26.1 Å². The van der Waals surface area contributed by atoms with Crippen molar-refractivity contribution in [3.63, 3.8) is 0 Å². The van der Waals surface area contributed by atoms with E-state index in [1.165, 1.54) is 17.5 Å². The van der Waals surface area contributed by atoms with Gasteiger partial charge in [-0.1, -0.05) is 24.3 Å². The van der Waals surface area contributed by atoms with E-state index >= 15 is 0 Å². The molecule has 2 fully saturated rings. The van der Waals surface area contributed by atoms with Crippen LogP contribution in [0.1, 0.15) is 23.5 Å². The molecule has 3 atom stereocenters. The third-order valence-corrected chi connectivity index (χ3v) is 4.88. The van der Waals surface area contributed by atoms with Crippen LogP contribution in [0.25, 0.3) is 0 Å². The predicted octanol–water partition coefficient (Wildman–Crippen LogP) is 1.15. The van der Waals surface area contributed by atoms with Crippen molar-refractivity contribution in [2.45, 2.75) is 24.8 Å². The van der Waals surface area contributed by atoms with E-state index in [2.05, 4.69) is 28.4 Å². The van der Waals surface area contributed by atoms with Gasteiger partial charge in [0, 0.05) is 25.7 Å². The van der Waals surface area contributed by atoms with Crippen LogP contribution < -0.4 is 5.32 Å². The maximum Gasteiger partial charge on any atom is 0.230 e. The number of hydrogen-bond acceptors (Lipinski definition) is 2. The molecule has 0 aromatic heterocycles. The summed E-state index contributed by atoms with van der Waals surface area (Å²) in [6.45, 7) is 3.05. The first-order valence-electron chi connectivity index (χ1n) is 6.93. The molecule has 1 amide bonds. The zero-order valence-electron chi connectivity index (χ0n) is 10.4. The average molecular weight is 242 g/mol. The van der Waals surface area contributed by atoms with E-state index in [4.69, 9.17) is 0 Å². The van der Waals surface area contributed by atoms with Gasteiger partial charge in [0.1, 0.15) is 0 Å². The lowest BCUT2D eigenvalue weighted by Gasteiger charge is -2.34. The molecule has 2 aliphatic heterocycles. The highest BCUT2D eigenvalue weighted by molar-refractivity contribution is 5.87. The molecule has 18 heavy (non-hydrogen) atoms. The molecule has 3 nitrogen and oxygen atoms in total. The number of carbonyl (C=O) groups excluding carboxylic acids is 1. The number of hydrogen-bond donors (Lipinski definition) is 1. The molecule has 1 aromatic carbocycles. The number of amides is 1. The van der Waals surface area contributed by atoms with Gasteiger partial charge in [0.05, 0.1) is 5.92 Å². The zero-order valence-corrected chi connectivity index (χ0v) is 10.4. The minimum Gasteiger partial charge on any atom is -0.338 e. The van der Waals surface area contributed by atoms with E-state index in [1.54, 1.807) is 0 Å². The van der Waals surface area contributed by atoms with Gasteiger partial charge in [-0.05, 0) is 29.9 Å². The molecule has 3 heteroatoms. The fraction of sp³-hybridized carbons (Fsp3) is 0.533. The van der Waals surface area contributed by atoms with E-state index in [0.29, 0.717) is 17.9 Å². The van der Waals surface area contributed by atoms with Gasteiger partial charge in [0.15, 0.2) is 0 Å². The highest BCUT2D eigenvalue weighted by Gasteiger charge is 2.44. The van der Waals surface area contributed by atoms with Crippen molar-refractivity contribution in [3.05, 3.63) is 35.4 Å². The number of nitrogens with zero attached hydrogens (tertiary/aromatic N) is 1. The van der Waals surface area contributed by atoms with Gasteiger partial charge >= 0.3 is 0 Å². The summed E-state index contributed by atoms with van der Waals surface area (Å²) < 4.78 is 0. The minimum absolute atomic E-state index is 0.139. The van der Waals surface area contributed by atoms with Crippen LogP contribution in [0.3, 0.4) is 0 Å². The number of fused-ring (bicyclic) bond motifs is 2. The Kier molecular flexibility index (Phi) is 2.24. The molecule has 0 spiro atoms. The molecule has 0 saturated carbocycles. The molecule has 94 valence electrons. The molecule has 3 aliphatic rings. The van der Waals surface area contributed by atoms with Crippen molar-refractivity contribution in [1.82, 2.24) is 10.2 Å². The molecule has 1 aromatic rings. The fourth-order valence-corrected chi connectivity index (χ4v) is 3.80. The lowest BCUT2D eigenvalue weighted by molar-refractivity contribution is -0.134. The van der Waals surface area contributed by atoms with Crippen LogP contribution in [0.5, 0.6) is 0 Å². The number of likely N-dealkylation sites (tertiary alicyclic amines) is 1. The SMILES string of the molecule is O=C(C1Cc2ccccc21)N1CC[C@H]2CNC[C@H]21. The Hall–Kier alpha value is -1.35. The quantitative estimate of drug-likeness (QED) is 0.801. The maximum absolute atomic E-state index is 12.6. The monoisotopic (exact) mass is 242 g/mol. The summed E-state index contributed by atoms with van der Waals surface area (Å²) in [6.07, 6.45) is 2.12. The number of rotatable bonds is 1. The van der Waals surface area contributed by atoms with Crippen molar-refractivity contribution in [1.29, 1.82) is 0 Å². The molecule has 1 aliphatic carbocycles. The summed E-state index contributed by atoms with van der Waals surface area (Å²) in [6, 6.07) is 8.82. The topological polar surface area (TPSA) is 32.3 Å². The second kappa shape index (κ2) is 3.82. The van der Waals surface area contributed by atoms with Crippen LogP contribution in [-0.2, 0) is 11.2 Å². The maximum atomic E-state index is 12.6. The largest absolute Gasteiger partial charge is 0.338 e. The minimum atomic E-state index is 0.139. The van der Waals surface area contributed by atoms with Crippen LogP contribution in [-0.4, -0.2) is 36.5 Å². The Bertz CT molecular complexity index is 499. The first-order chi connectivity index (χ1) is 8.84. The Morgan fingerprint density at radius 1 is 1.28 bits per heavy atom. The summed E-state index contributed by atoms with van der Waals surface area (Å²) >= 11 is 0. The van der Waals surface area contributed by atoms with E-state index in [9.17, 15) is 4.79 Å². The van der Waals surface area contributed by atoms with E-state index in [-0.39, 0.29) is 5.92 Å². The third-order valence-electron chi connectivity index (χ3n) is 4.88. The summed E-state index contributed by atoms with van der Waals surface area (Å²) in [5.74, 6) is 1.20. The van der Waals surface area contributed by atoms with Crippen LogP contribution >= 0.6 is 0 Å². The van der Waals surface area contributed by atoms with Gasteiger partial charge < -0.3 is 10.2 Å². The summed E-state index contributed by atoms with van der Waals surface area (Å²) in [7, 11) is 0. The van der Waals surface area contributed by atoms with Crippen LogP contribution in [0.15, 0.2) is 24.3 Å². The molecule has 0 bridgehead atoms. The summed E-state index contributed by atoms with van der Waals surface area (Å²) in [5, 5.41) is 3.41. The van der Waals surface area contributed by atoms with Gasteiger partial charge in [-0.15, -0.1) is 0 Å². The molecule has 4 rings (SSSR count). The van der Waals surface area contributed by atoms with E-state index in [1.807, 2.05) is 6.07 Å². The normalized spacial score (nSPS) is 32.9. The Morgan fingerprint density at radius 2 is 2.17 bits per heavy atom. The van der Waals surface area contributed by atoms with Crippen molar-refractivity contribution in [2.24, 2.45) is 5.92 Å². The van der Waals surface area contributed by atoms with Crippen LogP contribution in [0.2, 0.25) is 0 Å². The first kappa shape index (κ1) is 10.6. The van der Waals surface area contributed by atoms with Crippen LogP contribution in [0, 0.1) is 5.92 Å². The third kappa shape index (κ3) is 1.37. The molecule has 1 unspecified atom stereocenters. The van der Waals surface area contributed by atoms with Gasteiger partial charge in [-0.3, -0.25) is 4.79 Å². The fourth-order valence-electron chi connectivity index (χ4n) is 3.80. The number of carbonyl (C=O) groups is 1. The molecular formula is C15H18N2O. The van der Waals surface area contributed by atoms with Crippen molar-refractivity contribution < 1.29 is 4.79 Å². The Morgan fingerprint density at radius 3 is 3.06 bits per heavy atom. The molecular weight excluding hydrogens is 224 g/mol. The molecule has 0 radical (unpaired) electrons. The summed E-state index contributed by atoms with van der Waals surface area (Å²) in [4.78, 5) is 14.8. The lowest BCUT2D eigenvalue weighted by atomic mass is 9.76. The van der Waals surface area contributed by atoms with Crippen molar-refractivity contribution in [3.8, 4) is 0 Å². The standard InChI is InChI=1S/C15H18N2O/c18-15(13-7-10-3-1-2-4-12(10)13)17-6-5-11-8-16-9-14(11)17/h1-4,11,13-14,16H,5-9H2/t11-,13?,14+/m0/s1. The number of benzene rings is 1. The van der Waals surface area contributed by atoms with Gasteiger partial charge in [-0.25, -0.2) is 0 Å². The highest BCUT2D eigenvalue weighted by Crippen LogP contribution is 2.38. The molecule has 2 heterocycles. The van der Waals surface area contributed by atoms with E-state index < -0.39 is 0 Å². The average Bonchev–Trinajstić information content (AvgIpc) is 2.92. The smallest absolute Gasteiger partial charge is 0.230 e. The number of nitrogens with one attached hydrogen (secondary N) is 1. The van der Waals surface area contributed by atoms with Gasteiger partial charge in [0.2, 0.25) is 5.91 Å². The van der Waals surface area contributed by atoms with Gasteiger partial charge in [-0.2, -0.15) is 0 Å². The van der Waals surface area contributed by atoms with Gasteiger partial charge in [0.25, 0.3) is 0 Å². The Labute approximate surface area is 107 Å². The summed E-state index contributed by atoms with van der Waals surface area (Å²) in [5.41, 5.74) is 2.62. The van der Waals surface area contributed by atoms with Crippen molar-refractivity contribution in [2.75, 3.05) is 19.6 Å². The zero-order chi connectivity index (χ0) is 12.1. The Balaban J connectivity index is 1.55. The highest BCUT2D eigenvalue weighted by atomic mass is 16.2. The predicted molar refractivity (Wildman–Crippen MR) is 69.4 cm³/mol. The second-order valence-corrected chi connectivity index (χ2v) is 5.76. The molecule has 1 N–H and O–H groups in total. The van der Waals surface area contributed by atoms with Crippen molar-refractivity contribution >= 4 is 5.91 Å². The second-order valence-electron chi connectivity index (χ2n) is 5.76. The molecule has 2 saturated heterocycles. The lowest BCUT2D eigenvalue weighted by Crippen LogP contribution is -2.44. The van der Waals surface area contributed by atoms with Crippen LogP contribution in [0.4, 0.5) is 0 Å². The first-order valence-corrected chi connectivity index (χ1v) is 6.93.